The molecular formula is C26H24N4O4. The first-order valence-corrected chi connectivity index (χ1v) is 10.4. The number of nitrogens with one attached hydrogen (secondary N) is 1. The molecule has 1 N–H and O–H groups in total. The second-order valence-corrected chi connectivity index (χ2v) is 7.54. The standard InChI is InChI=1S/C25H20N4O4.CH4/c1-29-23-19-8-5-11-27-20(19)9-10-22(23)32-15-21(25(29)31)28-24(30)16-12-18(14-26-13-16)33-17-6-3-2-4-7-17;/h2-14,21H,15H2,1H3,(H,28,30);1H4/t21-;/m0./s1. The molecule has 3 heterocycles. The van der Waals surface area contributed by atoms with E-state index < -0.39 is 11.9 Å². The summed E-state index contributed by atoms with van der Waals surface area (Å²) >= 11 is 0. The summed E-state index contributed by atoms with van der Waals surface area (Å²) in [6, 6.07) is 17.2. The lowest BCUT2D eigenvalue weighted by atomic mass is 10.1. The zero-order valence-corrected chi connectivity index (χ0v) is 17.8. The molecule has 0 fully saturated rings. The number of fused-ring (bicyclic) bond motifs is 3. The van der Waals surface area contributed by atoms with Crippen molar-refractivity contribution in [2.24, 2.45) is 0 Å². The number of aromatic nitrogens is 2. The Hall–Kier alpha value is -4.46. The summed E-state index contributed by atoms with van der Waals surface area (Å²) in [7, 11) is 1.66. The van der Waals surface area contributed by atoms with E-state index in [4.69, 9.17) is 9.47 Å². The van der Waals surface area contributed by atoms with Crippen molar-refractivity contribution in [3.8, 4) is 17.2 Å². The summed E-state index contributed by atoms with van der Waals surface area (Å²) in [6.07, 6.45) is 4.64. The number of ether oxygens (including phenoxy) is 2. The Labute approximate surface area is 197 Å². The number of carbonyl (C=O) groups excluding carboxylic acids is 2. The zero-order chi connectivity index (χ0) is 22.8. The first-order chi connectivity index (χ1) is 16.1. The minimum atomic E-state index is -0.875. The van der Waals surface area contributed by atoms with Crippen LogP contribution < -0.4 is 19.7 Å². The van der Waals surface area contributed by atoms with Crippen molar-refractivity contribution in [2.75, 3.05) is 18.6 Å². The van der Waals surface area contributed by atoms with Crippen molar-refractivity contribution < 1.29 is 19.1 Å². The number of anilines is 1. The van der Waals surface area contributed by atoms with E-state index in [0.717, 1.165) is 10.9 Å². The van der Waals surface area contributed by atoms with Gasteiger partial charge in [0.1, 0.15) is 29.9 Å². The topological polar surface area (TPSA) is 93.7 Å². The number of hydrogen-bond acceptors (Lipinski definition) is 6. The summed E-state index contributed by atoms with van der Waals surface area (Å²) in [5, 5.41) is 3.56. The number of para-hydroxylation sites is 1. The Morgan fingerprint density at radius 3 is 2.74 bits per heavy atom. The Morgan fingerprint density at radius 2 is 1.91 bits per heavy atom. The van der Waals surface area contributed by atoms with Crippen LogP contribution in [0.2, 0.25) is 0 Å². The van der Waals surface area contributed by atoms with Crippen molar-refractivity contribution in [3.63, 3.8) is 0 Å². The van der Waals surface area contributed by atoms with Crippen LogP contribution in [0.1, 0.15) is 17.8 Å². The lowest BCUT2D eigenvalue weighted by Crippen LogP contribution is -2.49. The summed E-state index contributed by atoms with van der Waals surface area (Å²) in [5.74, 6) is 0.867. The zero-order valence-electron chi connectivity index (χ0n) is 17.8. The highest BCUT2D eigenvalue weighted by Crippen LogP contribution is 2.37. The van der Waals surface area contributed by atoms with E-state index >= 15 is 0 Å². The van der Waals surface area contributed by atoms with Crippen molar-refractivity contribution in [2.45, 2.75) is 13.5 Å². The molecule has 1 aliphatic rings. The van der Waals surface area contributed by atoms with E-state index in [9.17, 15) is 9.59 Å². The van der Waals surface area contributed by atoms with Gasteiger partial charge in [-0.25, -0.2) is 0 Å². The van der Waals surface area contributed by atoms with Crippen LogP contribution in [0.15, 0.2) is 79.3 Å². The van der Waals surface area contributed by atoms with Crippen LogP contribution in [0.5, 0.6) is 17.2 Å². The molecule has 0 radical (unpaired) electrons. The maximum absolute atomic E-state index is 13.2. The van der Waals surface area contributed by atoms with Gasteiger partial charge in [0.05, 0.1) is 23.0 Å². The van der Waals surface area contributed by atoms with Crippen LogP contribution in [-0.4, -0.2) is 41.5 Å². The molecule has 2 amide bonds. The van der Waals surface area contributed by atoms with Crippen LogP contribution in [0.3, 0.4) is 0 Å². The van der Waals surface area contributed by atoms with E-state index in [2.05, 4.69) is 15.3 Å². The molecule has 0 saturated carbocycles. The fourth-order valence-electron chi connectivity index (χ4n) is 3.74. The third-order valence-corrected chi connectivity index (χ3v) is 5.35. The quantitative estimate of drug-likeness (QED) is 0.494. The molecule has 2 aromatic carbocycles. The molecule has 34 heavy (non-hydrogen) atoms. The molecule has 8 nitrogen and oxygen atoms in total. The van der Waals surface area contributed by atoms with Crippen LogP contribution in [0.25, 0.3) is 10.9 Å². The number of amides is 2. The number of benzene rings is 2. The molecule has 8 heteroatoms. The van der Waals surface area contributed by atoms with E-state index in [1.54, 1.807) is 37.5 Å². The van der Waals surface area contributed by atoms with Gasteiger partial charge in [0, 0.05) is 24.8 Å². The van der Waals surface area contributed by atoms with Gasteiger partial charge in [-0.05, 0) is 42.5 Å². The molecule has 172 valence electrons. The normalized spacial score (nSPS) is 14.9. The lowest BCUT2D eigenvalue weighted by Gasteiger charge is -2.21. The van der Waals surface area contributed by atoms with E-state index in [0.29, 0.717) is 22.9 Å². The molecule has 2 aromatic heterocycles. The highest BCUT2D eigenvalue weighted by atomic mass is 16.5. The monoisotopic (exact) mass is 456 g/mol. The predicted molar refractivity (Wildman–Crippen MR) is 129 cm³/mol. The van der Waals surface area contributed by atoms with Gasteiger partial charge >= 0.3 is 0 Å². The SMILES string of the molecule is C.CN1C(=O)[C@@H](NC(=O)c2cncc(Oc3ccccc3)c2)COc2ccc3ncccc3c21. The molecule has 4 aromatic rings. The van der Waals surface area contributed by atoms with Gasteiger partial charge in [-0.15, -0.1) is 0 Å². The fourth-order valence-corrected chi connectivity index (χ4v) is 3.74. The minimum Gasteiger partial charge on any atom is -0.489 e. The number of hydrogen-bond donors (Lipinski definition) is 1. The van der Waals surface area contributed by atoms with Gasteiger partial charge in [0.2, 0.25) is 0 Å². The summed E-state index contributed by atoms with van der Waals surface area (Å²) in [4.78, 5) is 36.1. The maximum atomic E-state index is 13.2. The first-order valence-electron chi connectivity index (χ1n) is 10.4. The number of pyridine rings is 2. The predicted octanol–water partition coefficient (Wildman–Crippen LogP) is 4.21. The Balaban J connectivity index is 0.00000274. The Bertz CT molecular complexity index is 1340. The Morgan fingerprint density at radius 1 is 1.09 bits per heavy atom. The third-order valence-electron chi connectivity index (χ3n) is 5.35. The third kappa shape index (κ3) is 4.38. The molecule has 0 bridgehead atoms. The summed E-state index contributed by atoms with van der Waals surface area (Å²) < 4.78 is 11.7. The molecule has 1 aliphatic heterocycles. The van der Waals surface area contributed by atoms with E-state index in [-0.39, 0.29) is 25.5 Å². The van der Waals surface area contributed by atoms with Gasteiger partial charge < -0.3 is 19.7 Å². The van der Waals surface area contributed by atoms with Crippen LogP contribution in [0, 0.1) is 0 Å². The van der Waals surface area contributed by atoms with Crippen molar-refractivity contribution in [1.29, 1.82) is 0 Å². The van der Waals surface area contributed by atoms with E-state index in [1.807, 2.05) is 36.4 Å². The molecule has 0 aliphatic carbocycles. The second-order valence-electron chi connectivity index (χ2n) is 7.54. The number of nitrogens with zero attached hydrogens (tertiary/aromatic N) is 3. The Kier molecular flexibility index (Phi) is 6.40. The van der Waals surface area contributed by atoms with Gasteiger partial charge in [-0.1, -0.05) is 25.6 Å². The largest absolute Gasteiger partial charge is 0.489 e. The summed E-state index contributed by atoms with van der Waals surface area (Å²) in [5.41, 5.74) is 1.65. The number of likely N-dealkylation sites (N-methyl/N-ethyl adjacent to an activating group) is 1. The van der Waals surface area contributed by atoms with Crippen molar-refractivity contribution >= 4 is 28.4 Å². The summed E-state index contributed by atoms with van der Waals surface area (Å²) in [6.45, 7) is 0.00131. The highest BCUT2D eigenvalue weighted by molar-refractivity contribution is 6.08. The van der Waals surface area contributed by atoms with Gasteiger partial charge in [0.25, 0.3) is 11.8 Å². The van der Waals surface area contributed by atoms with Crippen LogP contribution >= 0.6 is 0 Å². The fraction of sp³-hybridized carbons (Fsp3) is 0.154. The highest BCUT2D eigenvalue weighted by Gasteiger charge is 2.32. The molecule has 1 atom stereocenters. The van der Waals surface area contributed by atoms with Crippen LogP contribution in [-0.2, 0) is 4.79 Å². The lowest BCUT2D eigenvalue weighted by molar-refractivity contribution is -0.120. The molecule has 5 rings (SSSR count). The number of carbonyl (C=O) groups is 2. The average Bonchev–Trinajstić information content (AvgIpc) is 2.97. The molecule has 0 spiro atoms. The minimum absolute atomic E-state index is 0. The van der Waals surface area contributed by atoms with Crippen molar-refractivity contribution in [1.82, 2.24) is 15.3 Å². The first kappa shape index (κ1) is 22.7. The van der Waals surface area contributed by atoms with Crippen LogP contribution in [0.4, 0.5) is 5.69 Å². The molecule has 0 saturated heterocycles. The maximum Gasteiger partial charge on any atom is 0.253 e. The number of rotatable bonds is 4. The molecular weight excluding hydrogens is 432 g/mol. The van der Waals surface area contributed by atoms with Gasteiger partial charge in [-0.2, -0.15) is 0 Å². The van der Waals surface area contributed by atoms with Gasteiger partial charge in [0.15, 0.2) is 0 Å². The van der Waals surface area contributed by atoms with Crippen molar-refractivity contribution in [3.05, 3.63) is 84.8 Å². The average molecular weight is 457 g/mol. The van der Waals surface area contributed by atoms with Gasteiger partial charge in [-0.3, -0.25) is 19.6 Å². The second kappa shape index (κ2) is 9.58. The smallest absolute Gasteiger partial charge is 0.253 e. The van der Waals surface area contributed by atoms with E-state index in [1.165, 1.54) is 17.3 Å². The molecule has 0 unspecified atom stereocenters.